The van der Waals surface area contributed by atoms with Crippen molar-refractivity contribution in [3.8, 4) is 11.8 Å². The van der Waals surface area contributed by atoms with Gasteiger partial charge in [-0.3, -0.25) is 0 Å². The van der Waals surface area contributed by atoms with Gasteiger partial charge in [-0.2, -0.15) is 0 Å². The molecule has 0 fully saturated rings. The lowest BCUT2D eigenvalue weighted by molar-refractivity contribution is 0.0526. The third kappa shape index (κ3) is 5.61. The zero-order valence-electron chi connectivity index (χ0n) is 18.2. The maximum Gasteiger partial charge on any atom is 0.338 e. The summed E-state index contributed by atoms with van der Waals surface area (Å²) in [7, 11) is 0. The molecule has 1 aliphatic rings. The molecule has 0 saturated carbocycles. The first-order valence-corrected chi connectivity index (χ1v) is 10.3. The van der Waals surface area contributed by atoms with Crippen LogP contribution in [0, 0.1) is 24.2 Å². The lowest BCUT2D eigenvalue weighted by atomic mass is 9.78. The van der Waals surface area contributed by atoms with Crippen molar-refractivity contribution in [3.63, 3.8) is 0 Å². The number of aryl methyl sites for hydroxylation is 1. The Balaban J connectivity index is 1.76. The van der Waals surface area contributed by atoms with E-state index >= 15 is 0 Å². The minimum absolute atomic E-state index is 0.129. The van der Waals surface area contributed by atoms with E-state index in [1.807, 2.05) is 18.2 Å². The molecule has 0 bridgehead atoms. The van der Waals surface area contributed by atoms with E-state index < -0.39 is 0 Å². The van der Waals surface area contributed by atoms with Crippen LogP contribution in [0.5, 0.6) is 0 Å². The molecule has 30 heavy (non-hydrogen) atoms. The molecule has 0 saturated heterocycles. The number of hydrogen-bond acceptors (Lipinski definition) is 2. The van der Waals surface area contributed by atoms with Gasteiger partial charge in [0.05, 0.1) is 12.2 Å². The second kappa shape index (κ2) is 9.46. The highest BCUT2D eigenvalue weighted by Gasteiger charge is 2.21. The summed E-state index contributed by atoms with van der Waals surface area (Å²) in [6, 6.07) is 15.8. The Morgan fingerprint density at radius 1 is 1.10 bits per heavy atom. The summed E-state index contributed by atoms with van der Waals surface area (Å²) in [5, 5.41) is 0. The van der Waals surface area contributed by atoms with Crippen molar-refractivity contribution >= 4 is 11.5 Å². The van der Waals surface area contributed by atoms with Crippen LogP contribution in [0.4, 0.5) is 0 Å². The lowest BCUT2D eigenvalue weighted by Crippen LogP contribution is -2.11. The number of benzene rings is 2. The molecule has 0 amide bonds. The molecule has 0 spiro atoms. The van der Waals surface area contributed by atoms with E-state index in [-0.39, 0.29) is 11.4 Å². The fourth-order valence-corrected chi connectivity index (χ4v) is 3.36. The van der Waals surface area contributed by atoms with Crippen molar-refractivity contribution in [3.05, 3.63) is 101 Å². The van der Waals surface area contributed by atoms with Crippen LogP contribution in [0.1, 0.15) is 54.2 Å². The monoisotopic (exact) mass is 396 g/mol. The van der Waals surface area contributed by atoms with Crippen molar-refractivity contribution in [2.24, 2.45) is 5.41 Å². The Hall–Kier alpha value is -3.31. The minimum Gasteiger partial charge on any atom is -0.462 e. The quantitative estimate of drug-likeness (QED) is 0.434. The van der Waals surface area contributed by atoms with Gasteiger partial charge >= 0.3 is 5.97 Å². The summed E-state index contributed by atoms with van der Waals surface area (Å²) in [6.45, 7) is 8.77. The molecular weight excluding hydrogens is 368 g/mol. The summed E-state index contributed by atoms with van der Waals surface area (Å²) >= 11 is 0. The molecule has 2 nitrogen and oxygen atoms in total. The molecule has 0 heterocycles. The van der Waals surface area contributed by atoms with E-state index in [1.54, 1.807) is 19.1 Å². The summed E-state index contributed by atoms with van der Waals surface area (Å²) in [5.74, 6) is 5.94. The molecule has 0 radical (unpaired) electrons. The minimum atomic E-state index is -0.306. The third-order valence-electron chi connectivity index (χ3n) is 5.01. The molecule has 0 unspecified atom stereocenters. The average Bonchev–Trinajstić information content (AvgIpc) is 2.72. The average molecular weight is 397 g/mol. The highest BCUT2D eigenvalue weighted by atomic mass is 16.5. The SMILES string of the molecule is CCOC(=O)c1ccc(C#CC=CC2=CC(C)(C)CC=C2c2ccc(C)cc2)cc1. The number of carbonyl (C=O) groups is 1. The van der Waals surface area contributed by atoms with Crippen molar-refractivity contribution in [1.29, 1.82) is 0 Å². The molecule has 152 valence electrons. The second-order valence-corrected chi connectivity index (χ2v) is 8.18. The predicted octanol–water partition coefficient (Wildman–Crippen LogP) is 6.52. The van der Waals surface area contributed by atoms with E-state index in [0.29, 0.717) is 12.2 Å². The zero-order valence-corrected chi connectivity index (χ0v) is 18.2. The topological polar surface area (TPSA) is 26.3 Å². The van der Waals surface area contributed by atoms with Crippen LogP contribution in [-0.4, -0.2) is 12.6 Å². The number of carbonyl (C=O) groups excluding carboxylic acids is 1. The van der Waals surface area contributed by atoms with E-state index in [9.17, 15) is 4.79 Å². The van der Waals surface area contributed by atoms with Gasteiger partial charge in [-0.25, -0.2) is 4.79 Å². The van der Waals surface area contributed by atoms with Gasteiger partial charge in [-0.15, -0.1) is 0 Å². The van der Waals surface area contributed by atoms with Crippen LogP contribution in [0.25, 0.3) is 5.57 Å². The van der Waals surface area contributed by atoms with Gasteiger partial charge in [-0.1, -0.05) is 67.7 Å². The van der Waals surface area contributed by atoms with Crippen molar-refractivity contribution in [2.45, 2.75) is 34.1 Å². The highest BCUT2D eigenvalue weighted by Crippen LogP contribution is 2.37. The van der Waals surface area contributed by atoms with E-state index in [0.717, 1.165) is 12.0 Å². The first-order valence-electron chi connectivity index (χ1n) is 10.3. The Morgan fingerprint density at radius 3 is 2.47 bits per heavy atom. The van der Waals surface area contributed by atoms with Gasteiger partial charge in [0.2, 0.25) is 0 Å². The summed E-state index contributed by atoms with van der Waals surface area (Å²) in [6.07, 6.45) is 9.66. The Morgan fingerprint density at radius 2 is 1.80 bits per heavy atom. The van der Waals surface area contributed by atoms with Gasteiger partial charge in [0, 0.05) is 5.56 Å². The summed E-state index contributed by atoms with van der Waals surface area (Å²) in [5.41, 5.74) is 6.48. The Labute approximate surface area is 180 Å². The van der Waals surface area contributed by atoms with Gasteiger partial charge in [0.1, 0.15) is 0 Å². The molecule has 1 aliphatic carbocycles. The van der Waals surface area contributed by atoms with Crippen LogP contribution < -0.4 is 0 Å². The van der Waals surface area contributed by atoms with Crippen LogP contribution in [0.3, 0.4) is 0 Å². The maximum atomic E-state index is 11.7. The molecule has 3 rings (SSSR count). The molecule has 2 heteroatoms. The predicted molar refractivity (Wildman–Crippen MR) is 124 cm³/mol. The molecule has 0 aromatic heterocycles. The van der Waals surface area contributed by atoms with Crippen LogP contribution in [0.15, 0.2) is 78.4 Å². The number of esters is 1. The number of rotatable bonds is 4. The smallest absolute Gasteiger partial charge is 0.338 e. The van der Waals surface area contributed by atoms with E-state index in [1.165, 1.54) is 22.3 Å². The van der Waals surface area contributed by atoms with E-state index in [4.69, 9.17) is 4.74 Å². The van der Waals surface area contributed by atoms with Crippen LogP contribution >= 0.6 is 0 Å². The molecule has 2 aromatic carbocycles. The molecular formula is C28H28O2. The van der Waals surface area contributed by atoms with Crippen molar-refractivity contribution < 1.29 is 9.53 Å². The van der Waals surface area contributed by atoms with Gasteiger partial charge in [0.15, 0.2) is 0 Å². The fraction of sp³-hybridized carbons (Fsp3) is 0.250. The molecule has 0 N–H and O–H groups in total. The van der Waals surface area contributed by atoms with Gasteiger partial charge in [-0.05, 0) is 78.8 Å². The first kappa shape index (κ1) is 21.4. The normalized spacial score (nSPS) is 15.1. The largest absolute Gasteiger partial charge is 0.462 e. The van der Waals surface area contributed by atoms with Crippen molar-refractivity contribution in [1.82, 2.24) is 0 Å². The van der Waals surface area contributed by atoms with Crippen LogP contribution in [-0.2, 0) is 4.74 Å². The summed E-state index contributed by atoms with van der Waals surface area (Å²) < 4.78 is 5.01. The van der Waals surface area contributed by atoms with Gasteiger partial charge in [0.25, 0.3) is 0 Å². The second-order valence-electron chi connectivity index (χ2n) is 8.18. The Kier molecular flexibility index (Phi) is 6.75. The lowest BCUT2D eigenvalue weighted by Gasteiger charge is -2.26. The molecule has 0 atom stereocenters. The number of allylic oxidation sites excluding steroid dienone is 6. The fourth-order valence-electron chi connectivity index (χ4n) is 3.36. The number of hydrogen-bond donors (Lipinski definition) is 0. The Bertz CT molecular complexity index is 1050. The van der Waals surface area contributed by atoms with Crippen LogP contribution in [0.2, 0.25) is 0 Å². The van der Waals surface area contributed by atoms with Gasteiger partial charge < -0.3 is 4.74 Å². The first-order chi connectivity index (χ1) is 14.4. The maximum absolute atomic E-state index is 11.7. The molecule has 2 aromatic rings. The highest BCUT2D eigenvalue weighted by molar-refractivity contribution is 5.89. The molecule has 0 aliphatic heterocycles. The number of ether oxygens (including phenoxy) is 1. The zero-order chi connectivity index (χ0) is 21.6. The summed E-state index contributed by atoms with van der Waals surface area (Å²) in [4.78, 5) is 11.7. The van der Waals surface area contributed by atoms with Crippen molar-refractivity contribution in [2.75, 3.05) is 6.61 Å². The van der Waals surface area contributed by atoms with E-state index in [2.05, 4.69) is 75.1 Å². The third-order valence-corrected chi connectivity index (χ3v) is 5.01. The standard InChI is InChI=1S/C28H28O2/c1-5-30-27(29)24-16-12-22(13-17-24)8-6-7-9-25-20-28(3,4)19-18-26(25)23-14-10-21(2)11-15-23/h7,9-18,20H,5,19H2,1-4H3.